The number of benzene rings is 1. The van der Waals surface area contributed by atoms with E-state index in [0.717, 1.165) is 12.0 Å². The van der Waals surface area contributed by atoms with Gasteiger partial charge >= 0.3 is 0 Å². The van der Waals surface area contributed by atoms with Crippen molar-refractivity contribution in [1.82, 2.24) is 0 Å². The van der Waals surface area contributed by atoms with Crippen molar-refractivity contribution in [3.05, 3.63) is 35.4 Å². The van der Waals surface area contributed by atoms with Crippen LogP contribution in [0.25, 0.3) is 0 Å². The molecule has 17 heavy (non-hydrogen) atoms. The van der Waals surface area contributed by atoms with Crippen molar-refractivity contribution < 1.29 is 9.53 Å². The van der Waals surface area contributed by atoms with E-state index in [2.05, 4.69) is 0 Å². The van der Waals surface area contributed by atoms with Crippen molar-refractivity contribution in [2.75, 3.05) is 6.61 Å². The Morgan fingerprint density at radius 3 is 2.76 bits per heavy atom. The van der Waals surface area contributed by atoms with Crippen LogP contribution in [0.15, 0.2) is 24.3 Å². The highest BCUT2D eigenvalue weighted by Gasteiger charge is 2.15. The Balaban J connectivity index is 2.52. The van der Waals surface area contributed by atoms with Gasteiger partial charge in [0, 0.05) is 11.1 Å². The molecule has 1 atom stereocenters. The minimum Gasteiger partial charge on any atom is -0.375 e. The van der Waals surface area contributed by atoms with Crippen LogP contribution in [0.2, 0.25) is 0 Å². The summed E-state index contributed by atoms with van der Waals surface area (Å²) in [6.45, 7) is 4.90. The molecule has 1 aromatic carbocycles. The fraction of sp³-hybridized carbons (Fsp3) is 0.462. The van der Waals surface area contributed by atoms with Crippen LogP contribution in [0.5, 0.6) is 0 Å². The van der Waals surface area contributed by atoms with E-state index in [0.29, 0.717) is 18.8 Å². The lowest BCUT2D eigenvalue weighted by atomic mass is 10.0. The lowest BCUT2D eigenvalue weighted by Gasteiger charge is -2.22. The molecule has 1 amide bonds. The summed E-state index contributed by atoms with van der Waals surface area (Å²) in [4.78, 5) is 11.0. The van der Waals surface area contributed by atoms with Crippen LogP contribution in [0.1, 0.15) is 36.2 Å². The summed E-state index contributed by atoms with van der Waals surface area (Å²) >= 11 is 0. The maximum absolute atomic E-state index is 11.0. The predicted octanol–water partition coefficient (Wildman–Crippen LogP) is 1.43. The van der Waals surface area contributed by atoms with Crippen LogP contribution in [0.4, 0.5) is 0 Å². The zero-order valence-electron chi connectivity index (χ0n) is 10.4. The first kappa shape index (κ1) is 13.7. The average Bonchev–Trinajstić information content (AvgIpc) is 2.29. The van der Waals surface area contributed by atoms with Crippen LogP contribution in [0, 0.1) is 0 Å². The molecule has 0 fully saturated rings. The van der Waals surface area contributed by atoms with Gasteiger partial charge in [-0.05, 0) is 31.0 Å². The Labute approximate surface area is 102 Å². The minimum atomic E-state index is -0.427. The highest BCUT2D eigenvalue weighted by atomic mass is 16.5. The normalized spacial score (nSPS) is 14.3. The van der Waals surface area contributed by atoms with Crippen LogP contribution in [-0.4, -0.2) is 18.1 Å². The molecule has 1 aromatic rings. The minimum absolute atomic E-state index is 0.304. The molecule has 0 bridgehead atoms. The quantitative estimate of drug-likeness (QED) is 0.784. The lowest BCUT2D eigenvalue weighted by Crippen LogP contribution is -2.40. The van der Waals surface area contributed by atoms with E-state index in [1.165, 1.54) is 0 Å². The first-order valence-corrected chi connectivity index (χ1v) is 5.70. The van der Waals surface area contributed by atoms with Crippen LogP contribution < -0.4 is 11.5 Å². The van der Waals surface area contributed by atoms with E-state index in [1.807, 2.05) is 19.9 Å². The Hall–Kier alpha value is -1.39. The fourth-order valence-electron chi connectivity index (χ4n) is 1.32. The van der Waals surface area contributed by atoms with Gasteiger partial charge in [-0.15, -0.1) is 0 Å². The zero-order chi connectivity index (χ0) is 12.9. The monoisotopic (exact) mass is 236 g/mol. The van der Waals surface area contributed by atoms with Crippen molar-refractivity contribution in [3.8, 4) is 0 Å². The number of carbonyl (C=O) groups is 1. The number of rotatable bonds is 6. The maximum Gasteiger partial charge on any atom is 0.248 e. The SMILES string of the molecule is CCC(C)(N)COCc1cccc(C(N)=O)c1. The molecule has 0 aliphatic rings. The number of ether oxygens (including phenoxy) is 1. The number of primary amides is 1. The highest BCUT2D eigenvalue weighted by molar-refractivity contribution is 5.92. The standard InChI is InChI=1S/C13H20N2O2/c1-3-13(2,15)9-17-8-10-5-4-6-11(7-10)12(14)16/h4-7H,3,8-9,15H2,1-2H3,(H2,14,16). The number of nitrogens with two attached hydrogens (primary N) is 2. The van der Waals surface area contributed by atoms with Crippen LogP contribution in [0.3, 0.4) is 0 Å². The van der Waals surface area contributed by atoms with Gasteiger partial charge in [-0.3, -0.25) is 4.79 Å². The maximum atomic E-state index is 11.0. The predicted molar refractivity (Wildman–Crippen MR) is 67.5 cm³/mol. The summed E-state index contributed by atoms with van der Waals surface area (Å²) < 4.78 is 5.53. The third kappa shape index (κ3) is 4.54. The second kappa shape index (κ2) is 5.80. The van der Waals surface area contributed by atoms with Gasteiger partial charge in [0.25, 0.3) is 0 Å². The van der Waals surface area contributed by atoms with Gasteiger partial charge in [-0.1, -0.05) is 19.1 Å². The topological polar surface area (TPSA) is 78.3 Å². The third-order valence-electron chi connectivity index (χ3n) is 2.72. The van der Waals surface area contributed by atoms with Crippen LogP contribution in [-0.2, 0) is 11.3 Å². The van der Waals surface area contributed by atoms with E-state index < -0.39 is 5.91 Å². The summed E-state index contributed by atoms with van der Waals surface area (Å²) in [7, 11) is 0. The van der Waals surface area contributed by atoms with E-state index in [9.17, 15) is 4.79 Å². The molecule has 0 saturated heterocycles. The largest absolute Gasteiger partial charge is 0.375 e. The molecule has 0 aromatic heterocycles. The number of carbonyl (C=O) groups excluding carboxylic acids is 1. The van der Waals surface area contributed by atoms with Gasteiger partial charge < -0.3 is 16.2 Å². The number of amides is 1. The molecule has 0 saturated carbocycles. The van der Waals surface area contributed by atoms with E-state index >= 15 is 0 Å². The molecule has 4 heteroatoms. The smallest absolute Gasteiger partial charge is 0.248 e. The Morgan fingerprint density at radius 1 is 1.47 bits per heavy atom. The molecule has 1 rings (SSSR count). The number of hydrogen-bond acceptors (Lipinski definition) is 3. The first-order chi connectivity index (χ1) is 7.94. The Kier molecular flexibility index (Phi) is 4.66. The molecule has 0 radical (unpaired) electrons. The van der Waals surface area contributed by atoms with Crippen molar-refractivity contribution in [1.29, 1.82) is 0 Å². The van der Waals surface area contributed by atoms with E-state index in [1.54, 1.807) is 18.2 Å². The molecule has 0 heterocycles. The molecule has 94 valence electrons. The van der Waals surface area contributed by atoms with Gasteiger partial charge in [0.15, 0.2) is 0 Å². The second-order valence-corrected chi connectivity index (χ2v) is 4.57. The van der Waals surface area contributed by atoms with Crippen molar-refractivity contribution in [2.45, 2.75) is 32.4 Å². The summed E-state index contributed by atoms with van der Waals surface area (Å²) in [5.41, 5.74) is 12.3. The van der Waals surface area contributed by atoms with Crippen molar-refractivity contribution >= 4 is 5.91 Å². The molecular weight excluding hydrogens is 216 g/mol. The molecule has 1 unspecified atom stereocenters. The highest BCUT2D eigenvalue weighted by Crippen LogP contribution is 2.09. The van der Waals surface area contributed by atoms with E-state index in [-0.39, 0.29) is 5.54 Å². The lowest BCUT2D eigenvalue weighted by molar-refractivity contribution is 0.0776. The molecule has 0 aliphatic heterocycles. The Bertz CT molecular complexity index is 389. The van der Waals surface area contributed by atoms with Gasteiger partial charge in [0.05, 0.1) is 13.2 Å². The number of hydrogen-bond donors (Lipinski definition) is 2. The zero-order valence-corrected chi connectivity index (χ0v) is 10.4. The van der Waals surface area contributed by atoms with Gasteiger partial charge in [0.2, 0.25) is 5.91 Å². The molecule has 0 aliphatic carbocycles. The molecule has 4 N–H and O–H groups in total. The average molecular weight is 236 g/mol. The van der Waals surface area contributed by atoms with Gasteiger partial charge in [-0.25, -0.2) is 0 Å². The van der Waals surface area contributed by atoms with Gasteiger partial charge in [0.1, 0.15) is 0 Å². The third-order valence-corrected chi connectivity index (χ3v) is 2.72. The molecular formula is C13H20N2O2. The van der Waals surface area contributed by atoms with Crippen molar-refractivity contribution in [3.63, 3.8) is 0 Å². The fourth-order valence-corrected chi connectivity index (χ4v) is 1.32. The van der Waals surface area contributed by atoms with E-state index in [4.69, 9.17) is 16.2 Å². The molecule has 4 nitrogen and oxygen atoms in total. The van der Waals surface area contributed by atoms with Crippen molar-refractivity contribution in [2.24, 2.45) is 11.5 Å². The first-order valence-electron chi connectivity index (χ1n) is 5.70. The van der Waals surface area contributed by atoms with Crippen LogP contribution >= 0.6 is 0 Å². The Morgan fingerprint density at radius 2 is 2.18 bits per heavy atom. The summed E-state index contributed by atoms with van der Waals surface area (Å²) in [5.74, 6) is -0.427. The summed E-state index contributed by atoms with van der Waals surface area (Å²) in [6.07, 6.45) is 0.855. The molecule has 0 spiro atoms. The van der Waals surface area contributed by atoms with Gasteiger partial charge in [-0.2, -0.15) is 0 Å². The summed E-state index contributed by atoms with van der Waals surface area (Å²) in [5, 5.41) is 0. The summed E-state index contributed by atoms with van der Waals surface area (Å²) in [6, 6.07) is 7.11. The second-order valence-electron chi connectivity index (χ2n) is 4.57.